The average Bonchev–Trinajstić information content (AvgIpc) is 2.17. The molecule has 1 saturated heterocycles. The van der Waals surface area contributed by atoms with Crippen molar-refractivity contribution < 1.29 is 4.79 Å². The van der Waals surface area contributed by atoms with Crippen molar-refractivity contribution in [3.63, 3.8) is 0 Å². The van der Waals surface area contributed by atoms with Crippen molar-refractivity contribution in [1.82, 2.24) is 4.90 Å². The maximum absolute atomic E-state index is 11.7. The molecule has 0 aromatic heterocycles. The van der Waals surface area contributed by atoms with Crippen LogP contribution in [0.5, 0.6) is 0 Å². The van der Waals surface area contributed by atoms with Crippen LogP contribution in [-0.4, -0.2) is 29.2 Å². The Morgan fingerprint density at radius 1 is 1.36 bits per heavy atom. The van der Waals surface area contributed by atoms with Crippen LogP contribution >= 0.6 is 15.9 Å². The van der Waals surface area contributed by atoms with Crippen LogP contribution in [-0.2, 0) is 4.79 Å². The van der Waals surface area contributed by atoms with Crippen molar-refractivity contribution in [2.45, 2.75) is 39.0 Å². The molecule has 0 aromatic carbocycles. The van der Waals surface area contributed by atoms with Crippen LogP contribution < -0.4 is 0 Å². The van der Waals surface area contributed by atoms with Crippen LogP contribution in [0.3, 0.4) is 0 Å². The van der Waals surface area contributed by atoms with E-state index in [4.69, 9.17) is 0 Å². The second-order valence-electron chi connectivity index (χ2n) is 4.26. The van der Waals surface area contributed by atoms with E-state index in [9.17, 15) is 4.79 Å². The molecule has 14 heavy (non-hydrogen) atoms. The number of hydrogen-bond acceptors (Lipinski definition) is 1. The first-order chi connectivity index (χ1) is 6.74. The average molecular weight is 262 g/mol. The van der Waals surface area contributed by atoms with Crippen molar-refractivity contribution in [1.29, 1.82) is 0 Å². The Labute approximate surface area is 95.2 Å². The molecule has 0 radical (unpaired) electrons. The fourth-order valence-electron chi connectivity index (χ4n) is 1.83. The van der Waals surface area contributed by atoms with Gasteiger partial charge in [-0.05, 0) is 18.8 Å². The molecule has 0 N–H and O–H groups in total. The molecule has 1 amide bonds. The molecule has 1 heterocycles. The third-order valence-electron chi connectivity index (χ3n) is 2.72. The molecule has 1 rings (SSSR count). The number of hydrogen-bond donors (Lipinski definition) is 0. The summed E-state index contributed by atoms with van der Waals surface area (Å²) in [6.07, 6.45) is 5.54. The van der Waals surface area contributed by atoms with Crippen LogP contribution in [0.15, 0.2) is 0 Å². The molecule has 1 unspecified atom stereocenters. The summed E-state index contributed by atoms with van der Waals surface area (Å²) < 4.78 is 0. The highest BCUT2D eigenvalue weighted by Crippen LogP contribution is 2.13. The van der Waals surface area contributed by atoms with E-state index in [1.807, 2.05) is 4.90 Å². The second kappa shape index (κ2) is 6.44. The highest BCUT2D eigenvalue weighted by atomic mass is 79.9. The van der Waals surface area contributed by atoms with E-state index in [1.54, 1.807) is 0 Å². The Morgan fingerprint density at radius 2 is 2.07 bits per heavy atom. The van der Waals surface area contributed by atoms with Gasteiger partial charge in [-0.2, -0.15) is 0 Å². The Morgan fingerprint density at radius 3 is 2.79 bits per heavy atom. The van der Waals surface area contributed by atoms with Gasteiger partial charge in [0.25, 0.3) is 0 Å². The van der Waals surface area contributed by atoms with E-state index in [1.165, 1.54) is 19.3 Å². The number of carbonyl (C=O) groups is 1. The minimum Gasteiger partial charge on any atom is -0.342 e. The summed E-state index contributed by atoms with van der Waals surface area (Å²) in [6, 6.07) is 0. The number of halogens is 1. The number of rotatable bonds is 3. The summed E-state index contributed by atoms with van der Waals surface area (Å²) in [5.41, 5.74) is 0. The molecule has 3 heteroatoms. The van der Waals surface area contributed by atoms with Gasteiger partial charge in [-0.3, -0.25) is 4.79 Å². The minimum absolute atomic E-state index is 0.359. The van der Waals surface area contributed by atoms with Crippen LogP contribution in [0.2, 0.25) is 0 Å². The number of carbonyl (C=O) groups excluding carboxylic acids is 1. The number of nitrogens with zero attached hydrogens (tertiary/aromatic N) is 1. The van der Waals surface area contributed by atoms with E-state index >= 15 is 0 Å². The SMILES string of the molecule is CC(CBr)CN1CCCCCCC1=O. The Bertz CT molecular complexity index is 184. The Balaban J connectivity index is 2.41. The first-order valence-corrected chi connectivity index (χ1v) is 6.70. The highest BCUT2D eigenvalue weighted by molar-refractivity contribution is 9.09. The molecule has 1 fully saturated rings. The molecule has 0 bridgehead atoms. The van der Waals surface area contributed by atoms with Gasteiger partial charge in [0.05, 0.1) is 0 Å². The van der Waals surface area contributed by atoms with Gasteiger partial charge in [-0.15, -0.1) is 0 Å². The molecule has 82 valence electrons. The normalized spacial score (nSPS) is 21.6. The van der Waals surface area contributed by atoms with Crippen LogP contribution in [0.25, 0.3) is 0 Å². The minimum atomic E-state index is 0.359. The highest BCUT2D eigenvalue weighted by Gasteiger charge is 2.16. The van der Waals surface area contributed by atoms with Gasteiger partial charge in [-0.25, -0.2) is 0 Å². The molecule has 0 aliphatic carbocycles. The molecule has 2 nitrogen and oxygen atoms in total. The summed E-state index contributed by atoms with van der Waals surface area (Å²) in [7, 11) is 0. The zero-order chi connectivity index (χ0) is 10.4. The zero-order valence-corrected chi connectivity index (χ0v) is 10.6. The Hall–Kier alpha value is -0.0500. The lowest BCUT2D eigenvalue weighted by Gasteiger charge is -2.27. The fourth-order valence-corrected chi connectivity index (χ4v) is 2.04. The van der Waals surface area contributed by atoms with Gasteiger partial charge in [0, 0.05) is 24.8 Å². The standard InChI is InChI=1S/C11H20BrNO/c1-10(8-12)9-13-7-5-3-2-4-6-11(13)14/h10H,2-9H2,1H3. The van der Waals surface area contributed by atoms with Gasteiger partial charge in [0.1, 0.15) is 0 Å². The van der Waals surface area contributed by atoms with E-state index < -0.39 is 0 Å². The maximum Gasteiger partial charge on any atom is 0.222 e. The van der Waals surface area contributed by atoms with Crippen molar-refractivity contribution in [3.05, 3.63) is 0 Å². The maximum atomic E-state index is 11.7. The van der Waals surface area contributed by atoms with Gasteiger partial charge in [0.2, 0.25) is 5.91 Å². The fraction of sp³-hybridized carbons (Fsp3) is 0.909. The third-order valence-corrected chi connectivity index (χ3v) is 3.82. The van der Waals surface area contributed by atoms with E-state index in [2.05, 4.69) is 22.9 Å². The summed E-state index contributed by atoms with van der Waals surface area (Å²) in [6.45, 7) is 4.07. The molecule has 1 atom stereocenters. The van der Waals surface area contributed by atoms with Crippen LogP contribution in [0.4, 0.5) is 0 Å². The van der Waals surface area contributed by atoms with Gasteiger partial charge >= 0.3 is 0 Å². The zero-order valence-electron chi connectivity index (χ0n) is 8.97. The lowest BCUT2D eigenvalue weighted by Crippen LogP contribution is -2.36. The van der Waals surface area contributed by atoms with Crippen molar-refractivity contribution >= 4 is 21.8 Å². The van der Waals surface area contributed by atoms with Crippen LogP contribution in [0, 0.1) is 5.92 Å². The predicted molar refractivity (Wildman–Crippen MR) is 62.6 cm³/mol. The molecule has 1 aliphatic rings. The molecule has 1 aliphatic heterocycles. The van der Waals surface area contributed by atoms with Gasteiger partial charge < -0.3 is 4.90 Å². The summed E-state index contributed by atoms with van der Waals surface area (Å²) >= 11 is 3.46. The number of amides is 1. The largest absolute Gasteiger partial charge is 0.342 e. The number of likely N-dealkylation sites (tertiary alicyclic amines) is 1. The number of alkyl halides is 1. The molecule has 0 saturated carbocycles. The predicted octanol–water partition coefficient (Wildman–Crippen LogP) is 2.81. The monoisotopic (exact) mass is 261 g/mol. The van der Waals surface area contributed by atoms with Crippen molar-refractivity contribution in [2.24, 2.45) is 5.92 Å². The lowest BCUT2D eigenvalue weighted by molar-refractivity contribution is -0.132. The lowest BCUT2D eigenvalue weighted by atomic mass is 10.1. The van der Waals surface area contributed by atoms with Gasteiger partial charge in [-0.1, -0.05) is 35.7 Å². The van der Waals surface area contributed by atoms with Crippen molar-refractivity contribution in [3.8, 4) is 0 Å². The van der Waals surface area contributed by atoms with Crippen molar-refractivity contribution in [2.75, 3.05) is 18.4 Å². The summed E-state index contributed by atoms with van der Waals surface area (Å²) in [5, 5.41) is 0.983. The second-order valence-corrected chi connectivity index (χ2v) is 4.91. The molecule has 0 spiro atoms. The first kappa shape index (κ1) is 12.0. The van der Waals surface area contributed by atoms with Gasteiger partial charge in [0.15, 0.2) is 0 Å². The Kier molecular flexibility index (Phi) is 5.53. The molecular weight excluding hydrogens is 242 g/mol. The summed E-state index contributed by atoms with van der Waals surface area (Å²) in [5.74, 6) is 0.927. The van der Waals surface area contributed by atoms with E-state index in [0.29, 0.717) is 11.8 Å². The van der Waals surface area contributed by atoms with E-state index in [0.717, 1.165) is 31.3 Å². The molecule has 0 aromatic rings. The first-order valence-electron chi connectivity index (χ1n) is 5.57. The quantitative estimate of drug-likeness (QED) is 0.716. The van der Waals surface area contributed by atoms with Crippen LogP contribution in [0.1, 0.15) is 39.0 Å². The molecular formula is C11H20BrNO. The van der Waals surface area contributed by atoms with E-state index in [-0.39, 0.29) is 0 Å². The smallest absolute Gasteiger partial charge is 0.222 e. The topological polar surface area (TPSA) is 20.3 Å². The summed E-state index contributed by atoms with van der Waals surface area (Å²) in [4.78, 5) is 13.8. The third kappa shape index (κ3) is 3.99.